The summed E-state index contributed by atoms with van der Waals surface area (Å²) in [6.45, 7) is 3.60. The van der Waals surface area contributed by atoms with Crippen LogP contribution >= 0.6 is 0 Å². The van der Waals surface area contributed by atoms with Gasteiger partial charge in [-0.2, -0.15) is 26.3 Å². The van der Waals surface area contributed by atoms with Crippen molar-refractivity contribution < 1.29 is 26.3 Å². The summed E-state index contributed by atoms with van der Waals surface area (Å²) in [5, 5.41) is 8.40. The predicted octanol–water partition coefficient (Wildman–Crippen LogP) is 6.06. The summed E-state index contributed by atoms with van der Waals surface area (Å²) < 4.78 is 83.1. The van der Waals surface area contributed by atoms with Crippen LogP contribution in [0.25, 0.3) is 0 Å². The van der Waals surface area contributed by atoms with Crippen LogP contribution in [0.15, 0.2) is 78.3 Å². The Morgan fingerprint density at radius 3 is 2.40 bits per heavy atom. The number of alkyl halides is 6. The van der Waals surface area contributed by atoms with Gasteiger partial charge in [-0.25, -0.2) is 0 Å². The van der Waals surface area contributed by atoms with Gasteiger partial charge in [0.2, 0.25) is 0 Å². The molecule has 6 nitrogen and oxygen atoms in total. The van der Waals surface area contributed by atoms with Gasteiger partial charge in [0.15, 0.2) is 0 Å². The number of aromatic nitrogens is 3. The molecule has 1 unspecified atom stereocenters. The third-order valence-electron chi connectivity index (χ3n) is 8.25. The second-order valence-corrected chi connectivity index (χ2v) is 10.9. The first-order valence-electron chi connectivity index (χ1n) is 13.1. The highest BCUT2D eigenvalue weighted by Crippen LogP contribution is 2.46. The van der Waals surface area contributed by atoms with E-state index >= 15 is 0 Å². The van der Waals surface area contributed by atoms with Gasteiger partial charge in [-0.15, -0.1) is 10.2 Å². The SMILES string of the molecule is C=C1N2C=C(CN3CC(C(F)(F)F)C3)C=C(C(F)(F)F)C2=CN1c1cccc(C(c2nncn2C)C2CCC2)c1. The van der Waals surface area contributed by atoms with Crippen molar-refractivity contribution in [3.8, 4) is 0 Å². The van der Waals surface area contributed by atoms with Crippen molar-refractivity contribution in [2.45, 2.75) is 37.5 Å². The number of halogens is 6. The molecule has 0 N–H and O–H groups in total. The first kappa shape index (κ1) is 26.7. The fraction of sp³-hybridized carbons (Fsp3) is 0.429. The molecule has 1 aromatic heterocycles. The summed E-state index contributed by atoms with van der Waals surface area (Å²) in [5.41, 5.74) is 0.989. The van der Waals surface area contributed by atoms with Crippen LogP contribution in [0.2, 0.25) is 0 Å². The molecule has 3 aliphatic heterocycles. The van der Waals surface area contributed by atoms with Crippen molar-refractivity contribution in [3.63, 3.8) is 0 Å². The number of hydrogen-bond acceptors (Lipinski definition) is 5. The fourth-order valence-electron chi connectivity index (χ4n) is 5.87. The Hall–Kier alpha value is -3.54. The van der Waals surface area contributed by atoms with Gasteiger partial charge in [-0.1, -0.05) is 25.1 Å². The van der Waals surface area contributed by atoms with Gasteiger partial charge in [0, 0.05) is 50.7 Å². The first-order valence-corrected chi connectivity index (χ1v) is 13.1. The predicted molar refractivity (Wildman–Crippen MR) is 136 cm³/mol. The van der Waals surface area contributed by atoms with Gasteiger partial charge < -0.3 is 14.4 Å². The molecule has 1 atom stereocenters. The van der Waals surface area contributed by atoms with E-state index in [9.17, 15) is 26.3 Å². The monoisotopic (exact) mass is 562 g/mol. The lowest BCUT2D eigenvalue weighted by Crippen LogP contribution is -2.53. The number of hydrogen-bond donors (Lipinski definition) is 0. The van der Waals surface area contributed by atoms with Gasteiger partial charge >= 0.3 is 12.4 Å². The minimum absolute atomic E-state index is 0.00138. The molecule has 0 spiro atoms. The highest BCUT2D eigenvalue weighted by atomic mass is 19.4. The second-order valence-electron chi connectivity index (χ2n) is 10.9. The van der Waals surface area contributed by atoms with Crippen LogP contribution in [0.5, 0.6) is 0 Å². The Bertz CT molecular complexity index is 1410. The zero-order valence-corrected chi connectivity index (χ0v) is 21.8. The van der Waals surface area contributed by atoms with Crippen molar-refractivity contribution in [1.82, 2.24) is 24.6 Å². The lowest BCUT2D eigenvalue weighted by atomic mass is 9.72. The molecule has 6 rings (SSSR count). The number of likely N-dealkylation sites (tertiary alicyclic amines) is 1. The van der Waals surface area contributed by atoms with Crippen LogP contribution in [-0.2, 0) is 7.05 Å². The number of nitrogens with zero attached hydrogens (tertiary/aromatic N) is 6. The molecule has 0 amide bonds. The number of fused-ring (bicyclic) bond motifs is 1. The summed E-state index contributed by atoms with van der Waals surface area (Å²) >= 11 is 0. The van der Waals surface area contributed by atoms with Crippen molar-refractivity contribution >= 4 is 5.69 Å². The molecule has 4 aliphatic rings. The molecule has 12 heteroatoms. The summed E-state index contributed by atoms with van der Waals surface area (Å²) in [5.74, 6) is 0.0875. The fourth-order valence-corrected chi connectivity index (χ4v) is 5.87. The highest BCUT2D eigenvalue weighted by Gasteiger charge is 2.48. The van der Waals surface area contributed by atoms with Gasteiger partial charge in [-0.05, 0) is 48.1 Å². The average Bonchev–Trinajstić information content (AvgIpc) is 3.39. The van der Waals surface area contributed by atoms with E-state index in [0.29, 0.717) is 17.4 Å². The highest BCUT2D eigenvalue weighted by molar-refractivity contribution is 5.64. The number of benzene rings is 1. The van der Waals surface area contributed by atoms with Gasteiger partial charge in [-0.3, -0.25) is 4.90 Å². The van der Waals surface area contributed by atoms with Crippen LogP contribution < -0.4 is 4.90 Å². The van der Waals surface area contributed by atoms with Gasteiger partial charge in [0.1, 0.15) is 18.0 Å². The third-order valence-corrected chi connectivity index (χ3v) is 8.25. The van der Waals surface area contributed by atoms with Crippen LogP contribution in [-0.4, -0.2) is 56.6 Å². The molecule has 212 valence electrons. The molecule has 2 aromatic rings. The van der Waals surface area contributed by atoms with Gasteiger partial charge in [0.25, 0.3) is 0 Å². The van der Waals surface area contributed by atoms with Crippen molar-refractivity contribution in [2.24, 2.45) is 18.9 Å². The summed E-state index contributed by atoms with van der Waals surface area (Å²) in [7, 11) is 1.90. The number of aryl methyl sites for hydroxylation is 1. The van der Waals surface area contributed by atoms with E-state index in [-0.39, 0.29) is 36.8 Å². The van der Waals surface area contributed by atoms with Crippen LogP contribution in [0, 0.1) is 11.8 Å². The Labute approximate surface area is 227 Å². The van der Waals surface area contributed by atoms with E-state index in [1.54, 1.807) is 11.2 Å². The Morgan fingerprint density at radius 2 is 1.80 bits per heavy atom. The van der Waals surface area contributed by atoms with E-state index in [4.69, 9.17) is 0 Å². The molecule has 0 radical (unpaired) electrons. The van der Waals surface area contributed by atoms with Crippen molar-refractivity contribution in [3.05, 3.63) is 89.7 Å². The number of anilines is 1. The topological polar surface area (TPSA) is 40.4 Å². The molecule has 2 fully saturated rings. The maximum atomic E-state index is 14.2. The molecule has 1 saturated carbocycles. The molecule has 1 aromatic carbocycles. The maximum absolute atomic E-state index is 14.2. The number of rotatable bonds is 6. The van der Waals surface area contributed by atoms with Gasteiger partial charge in [0.05, 0.1) is 17.2 Å². The van der Waals surface area contributed by atoms with E-state index in [0.717, 1.165) is 36.7 Å². The lowest BCUT2D eigenvalue weighted by molar-refractivity contribution is -0.207. The summed E-state index contributed by atoms with van der Waals surface area (Å²) in [6.07, 6.45) is -0.0743. The Morgan fingerprint density at radius 1 is 1.05 bits per heavy atom. The normalized spacial score (nSPS) is 21.5. The quantitative estimate of drug-likeness (QED) is 0.401. The third kappa shape index (κ3) is 4.71. The lowest BCUT2D eigenvalue weighted by Gasteiger charge is -2.41. The molecule has 0 bridgehead atoms. The Balaban J connectivity index is 1.29. The molecular formula is C28H28F6N6. The van der Waals surface area contributed by atoms with E-state index in [1.165, 1.54) is 22.2 Å². The average molecular weight is 563 g/mol. The molecule has 1 saturated heterocycles. The zero-order valence-electron chi connectivity index (χ0n) is 21.8. The Kier molecular flexibility index (Phi) is 6.36. The van der Waals surface area contributed by atoms with E-state index in [1.807, 2.05) is 35.9 Å². The zero-order chi connectivity index (χ0) is 28.4. The standard InChI is InChI=1S/C28H28F6N6/c1-17-39(22-8-4-7-20(10-22)25(19-5-3-6-19)26-36-35-16-37(26)2)15-24-23(28(32,33)34)9-18(12-40(17)24)11-38-13-21(14-38)27(29,30)31/h4,7-10,12,15-16,19,21,25H,1,3,5-6,11,13-14H2,2H3. The van der Waals surface area contributed by atoms with Crippen molar-refractivity contribution in [1.29, 1.82) is 0 Å². The molecule has 4 heterocycles. The largest absolute Gasteiger partial charge is 0.418 e. The summed E-state index contributed by atoms with van der Waals surface area (Å²) in [4.78, 5) is 4.49. The van der Waals surface area contributed by atoms with Crippen molar-refractivity contribution in [2.75, 3.05) is 24.5 Å². The minimum Gasteiger partial charge on any atom is -0.320 e. The van der Waals surface area contributed by atoms with Crippen LogP contribution in [0.4, 0.5) is 32.0 Å². The van der Waals surface area contributed by atoms with Crippen LogP contribution in [0.3, 0.4) is 0 Å². The second kappa shape index (κ2) is 9.53. The van der Waals surface area contributed by atoms with E-state index in [2.05, 4.69) is 16.8 Å². The van der Waals surface area contributed by atoms with Crippen LogP contribution in [0.1, 0.15) is 36.6 Å². The van der Waals surface area contributed by atoms with E-state index < -0.39 is 23.8 Å². The maximum Gasteiger partial charge on any atom is 0.418 e. The number of allylic oxidation sites excluding steroid dienone is 1. The minimum atomic E-state index is -4.66. The smallest absolute Gasteiger partial charge is 0.320 e. The first-order chi connectivity index (χ1) is 18.9. The molecule has 40 heavy (non-hydrogen) atoms. The molecular weight excluding hydrogens is 534 g/mol. The summed E-state index contributed by atoms with van der Waals surface area (Å²) in [6, 6.07) is 7.65. The molecule has 1 aliphatic carbocycles.